The van der Waals surface area contributed by atoms with Gasteiger partial charge in [-0.3, -0.25) is 0 Å². The maximum Gasteiger partial charge on any atom is 0.226 e. The van der Waals surface area contributed by atoms with Crippen molar-refractivity contribution < 1.29 is 9.47 Å². The summed E-state index contributed by atoms with van der Waals surface area (Å²) < 4.78 is 10.9. The smallest absolute Gasteiger partial charge is 0.226 e. The molecule has 0 saturated heterocycles. The Labute approximate surface area is 160 Å². The van der Waals surface area contributed by atoms with E-state index in [2.05, 4.69) is 22.2 Å². The number of ether oxygens (including phenoxy) is 2. The molecule has 1 aliphatic carbocycles. The van der Waals surface area contributed by atoms with Crippen LogP contribution in [0, 0.1) is 24.2 Å². The van der Waals surface area contributed by atoms with Gasteiger partial charge in [0.25, 0.3) is 0 Å². The summed E-state index contributed by atoms with van der Waals surface area (Å²) in [5.41, 5.74) is 2.68. The molecule has 1 fully saturated rings. The zero-order valence-electron chi connectivity index (χ0n) is 16.2. The van der Waals surface area contributed by atoms with E-state index in [-0.39, 0.29) is 6.61 Å². The molecule has 0 radical (unpaired) electrons. The highest BCUT2D eigenvalue weighted by Gasteiger charge is 2.20. The van der Waals surface area contributed by atoms with E-state index in [1.165, 1.54) is 12.8 Å². The number of nitrogens with one attached hydrogen (secondary N) is 1. The first-order chi connectivity index (χ1) is 13.1. The van der Waals surface area contributed by atoms with Crippen molar-refractivity contribution in [3.05, 3.63) is 30.0 Å². The first-order valence-electron chi connectivity index (χ1n) is 9.40. The van der Waals surface area contributed by atoms with Gasteiger partial charge in [-0.1, -0.05) is 19.1 Å². The number of rotatable bonds is 6. The molecule has 1 aliphatic rings. The number of methoxy groups -OCH3 is 1. The molecular weight excluding hydrogens is 340 g/mol. The number of hydrogen-bond donors (Lipinski definition) is 1. The van der Waals surface area contributed by atoms with Crippen LogP contribution in [0.4, 0.5) is 5.95 Å². The fourth-order valence-electron chi connectivity index (χ4n) is 3.51. The van der Waals surface area contributed by atoms with Gasteiger partial charge in [-0.15, -0.1) is 0 Å². The van der Waals surface area contributed by atoms with Crippen LogP contribution in [-0.4, -0.2) is 29.7 Å². The second-order valence-electron chi connectivity index (χ2n) is 7.09. The molecule has 1 aromatic heterocycles. The molecule has 0 atom stereocenters. The lowest BCUT2D eigenvalue weighted by Gasteiger charge is -2.27. The van der Waals surface area contributed by atoms with Crippen molar-refractivity contribution in [1.82, 2.24) is 9.97 Å². The van der Waals surface area contributed by atoms with Gasteiger partial charge in [0.1, 0.15) is 11.8 Å². The van der Waals surface area contributed by atoms with E-state index in [0.717, 1.165) is 35.6 Å². The van der Waals surface area contributed by atoms with E-state index in [1.807, 2.05) is 37.3 Å². The number of aryl methyl sites for hydroxylation is 1. The van der Waals surface area contributed by atoms with Crippen LogP contribution >= 0.6 is 0 Å². The van der Waals surface area contributed by atoms with Gasteiger partial charge < -0.3 is 14.8 Å². The Morgan fingerprint density at radius 3 is 2.48 bits per heavy atom. The predicted molar refractivity (Wildman–Crippen MR) is 105 cm³/mol. The molecule has 1 heterocycles. The first-order valence-corrected chi connectivity index (χ1v) is 9.40. The standard InChI is InChI=1S/C21H26N4O2/c1-14-4-8-17(9-5-14)24-21-23-15(2)19(20(25-21)26-3)16-6-10-18(11-7-16)27-13-12-22/h6-7,10-11,14,17H,4-5,8-9,13H2,1-3H3,(H,23,24,25)/t14-,17-. The lowest BCUT2D eigenvalue weighted by molar-refractivity contribution is 0.359. The zero-order chi connectivity index (χ0) is 19.2. The van der Waals surface area contributed by atoms with Crippen LogP contribution in [0.5, 0.6) is 11.6 Å². The van der Waals surface area contributed by atoms with Crippen LogP contribution in [0.1, 0.15) is 38.3 Å². The topological polar surface area (TPSA) is 80.1 Å². The summed E-state index contributed by atoms with van der Waals surface area (Å²) in [6, 6.07) is 9.91. The Balaban J connectivity index is 1.81. The first kappa shape index (κ1) is 19.0. The predicted octanol–water partition coefficient (Wildman–Crippen LogP) is 4.35. The van der Waals surface area contributed by atoms with Gasteiger partial charge in [0.2, 0.25) is 11.8 Å². The van der Waals surface area contributed by atoms with E-state index in [9.17, 15) is 0 Å². The van der Waals surface area contributed by atoms with E-state index in [0.29, 0.717) is 23.6 Å². The van der Waals surface area contributed by atoms with Crippen LogP contribution in [0.15, 0.2) is 24.3 Å². The van der Waals surface area contributed by atoms with Crippen molar-refractivity contribution >= 4 is 5.95 Å². The molecule has 3 rings (SSSR count). The SMILES string of the molecule is COc1nc(N[C@H]2CC[C@H](C)CC2)nc(C)c1-c1ccc(OCC#N)cc1. The fraction of sp³-hybridized carbons (Fsp3) is 0.476. The highest BCUT2D eigenvalue weighted by molar-refractivity contribution is 5.72. The number of benzene rings is 1. The van der Waals surface area contributed by atoms with Crippen molar-refractivity contribution in [1.29, 1.82) is 5.26 Å². The Kier molecular flexibility index (Phi) is 6.12. The summed E-state index contributed by atoms with van der Waals surface area (Å²) in [5.74, 6) is 2.65. The average Bonchev–Trinajstić information content (AvgIpc) is 2.68. The minimum absolute atomic E-state index is 0.0329. The highest BCUT2D eigenvalue weighted by atomic mass is 16.5. The summed E-state index contributed by atoms with van der Waals surface area (Å²) in [6.45, 7) is 4.31. The lowest BCUT2D eigenvalue weighted by Crippen LogP contribution is -2.26. The normalized spacial score (nSPS) is 19.2. The van der Waals surface area contributed by atoms with Crippen LogP contribution in [0.3, 0.4) is 0 Å². The van der Waals surface area contributed by atoms with Crippen LogP contribution < -0.4 is 14.8 Å². The molecule has 1 aromatic carbocycles. The Bertz CT molecular complexity index is 806. The molecular formula is C21H26N4O2. The molecule has 2 aromatic rings. The van der Waals surface area contributed by atoms with Crippen molar-refractivity contribution in [3.8, 4) is 28.8 Å². The van der Waals surface area contributed by atoms with Gasteiger partial charge in [-0.05, 0) is 56.2 Å². The van der Waals surface area contributed by atoms with Crippen molar-refractivity contribution in [2.45, 2.75) is 45.6 Å². The number of nitriles is 1. The Morgan fingerprint density at radius 2 is 1.85 bits per heavy atom. The molecule has 6 nitrogen and oxygen atoms in total. The summed E-state index contributed by atoms with van der Waals surface area (Å²) in [5, 5.41) is 12.1. The number of nitrogens with zero attached hydrogens (tertiary/aromatic N) is 3. The van der Waals surface area contributed by atoms with Gasteiger partial charge >= 0.3 is 0 Å². The van der Waals surface area contributed by atoms with Crippen LogP contribution in [0.25, 0.3) is 11.1 Å². The van der Waals surface area contributed by atoms with E-state index < -0.39 is 0 Å². The maximum absolute atomic E-state index is 8.61. The molecule has 1 N–H and O–H groups in total. The molecule has 0 spiro atoms. The van der Waals surface area contributed by atoms with Crippen molar-refractivity contribution in [2.75, 3.05) is 19.0 Å². The number of anilines is 1. The average molecular weight is 366 g/mol. The summed E-state index contributed by atoms with van der Waals surface area (Å²) >= 11 is 0. The van der Waals surface area contributed by atoms with E-state index in [1.54, 1.807) is 7.11 Å². The van der Waals surface area contributed by atoms with E-state index >= 15 is 0 Å². The maximum atomic E-state index is 8.61. The second-order valence-corrected chi connectivity index (χ2v) is 7.09. The molecule has 0 unspecified atom stereocenters. The molecule has 142 valence electrons. The van der Waals surface area contributed by atoms with Gasteiger partial charge in [-0.2, -0.15) is 10.2 Å². The third-order valence-corrected chi connectivity index (χ3v) is 5.05. The van der Waals surface area contributed by atoms with Gasteiger partial charge in [0.15, 0.2) is 6.61 Å². The molecule has 0 amide bonds. The van der Waals surface area contributed by atoms with Crippen molar-refractivity contribution in [2.24, 2.45) is 5.92 Å². The third kappa shape index (κ3) is 4.68. The fourth-order valence-corrected chi connectivity index (χ4v) is 3.51. The number of hydrogen-bond acceptors (Lipinski definition) is 6. The summed E-state index contributed by atoms with van der Waals surface area (Å²) in [7, 11) is 1.63. The summed E-state index contributed by atoms with van der Waals surface area (Å²) in [6.07, 6.45) is 4.79. The van der Waals surface area contributed by atoms with Crippen molar-refractivity contribution in [3.63, 3.8) is 0 Å². The Hall–Kier alpha value is -2.81. The molecule has 1 saturated carbocycles. The molecule has 6 heteroatoms. The minimum Gasteiger partial charge on any atom is -0.480 e. The minimum atomic E-state index is 0.0329. The third-order valence-electron chi connectivity index (χ3n) is 5.05. The Morgan fingerprint density at radius 1 is 1.15 bits per heavy atom. The number of aromatic nitrogens is 2. The van der Waals surface area contributed by atoms with Gasteiger partial charge in [-0.25, -0.2) is 4.98 Å². The zero-order valence-corrected chi connectivity index (χ0v) is 16.2. The molecule has 27 heavy (non-hydrogen) atoms. The monoisotopic (exact) mass is 366 g/mol. The van der Waals surface area contributed by atoms with Gasteiger partial charge in [0, 0.05) is 6.04 Å². The lowest BCUT2D eigenvalue weighted by atomic mass is 9.87. The van der Waals surface area contributed by atoms with E-state index in [4.69, 9.17) is 14.7 Å². The largest absolute Gasteiger partial charge is 0.480 e. The van der Waals surface area contributed by atoms with Gasteiger partial charge in [0.05, 0.1) is 18.4 Å². The summed E-state index contributed by atoms with van der Waals surface area (Å²) in [4.78, 5) is 9.26. The van der Waals surface area contributed by atoms with Crippen LogP contribution in [-0.2, 0) is 0 Å². The molecule has 0 aliphatic heterocycles. The van der Waals surface area contributed by atoms with Crippen LogP contribution in [0.2, 0.25) is 0 Å². The second kappa shape index (κ2) is 8.72. The molecule has 0 bridgehead atoms. The quantitative estimate of drug-likeness (QED) is 0.818. The highest BCUT2D eigenvalue weighted by Crippen LogP contribution is 2.33.